The zero-order chi connectivity index (χ0) is 25.9. The number of amides is 2. The maximum atomic E-state index is 12.8. The average Bonchev–Trinajstić information content (AvgIpc) is 2.91. The number of benzene rings is 2. The van der Waals surface area contributed by atoms with E-state index in [0.29, 0.717) is 24.3 Å². The topological polar surface area (TPSA) is 65.1 Å². The fraction of sp³-hybridized carbons (Fsp3) is 0.517. The number of carbonyl (C=O) groups is 2. The van der Waals surface area contributed by atoms with Gasteiger partial charge in [0, 0.05) is 50.5 Å². The van der Waals surface area contributed by atoms with Gasteiger partial charge in [0.1, 0.15) is 0 Å². The summed E-state index contributed by atoms with van der Waals surface area (Å²) >= 11 is 0. The summed E-state index contributed by atoms with van der Waals surface area (Å²) in [4.78, 5) is 31.5. The third kappa shape index (κ3) is 7.31. The molecule has 0 aliphatic carbocycles. The molecular formula is C29H42N4O3. The van der Waals surface area contributed by atoms with E-state index in [1.54, 1.807) is 0 Å². The van der Waals surface area contributed by atoms with Crippen molar-refractivity contribution in [2.75, 3.05) is 58.2 Å². The van der Waals surface area contributed by atoms with Crippen LogP contribution in [0.3, 0.4) is 0 Å². The molecule has 2 aromatic carbocycles. The molecule has 0 saturated carbocycles. The molecule has 7 heteroatoms. The van der Waals surface area contributed by atoms with Gasteiger partial charge in [-0.1, -0.05) is 44.0 Å². The summed E-state index contributed by atoms with van der Waals surface area (Å²) in [5.74, 6) is 0.0630. The van der Waals surface area contributed by atoms with Crippen LogP contribution in [0.4, 0.5) is 10.5 Å². The molecule has 1 N–H and O–H groups in total. The SMILES string of the molecule is CCCCCN1CCN([C@@H](c2ccc(C(=O)N(CC)CC)cc2)c2cccc(NC(=O)OC)c2)CC1. The van der Waals surface area contributed by atoms with Crippen molar-refractivity contribution in [1.82, 2.24) is 14.7 Å². The largest absolute Gasteiger partial charge is 0.453 e. The molecule has 2 amide bonds. The average molecular weight is 495 g/mol. The number of carbonyl (C=O) groups excluding carboxylic acids is 2. The van der Waals surface area contributed by atoms with Crippen LogP contribution in [0, 0.1) is 0 Å². The van der Waals surface area contributed by atoms with Gasteiger partial charge in [0.05, 0.1) is 13.2 Å². The van der Waals surface area contributed by atoms with E-state index in [4.69, 9.17) is 4.74 Å². The fourth-order valence-corrected chi connectivity index (χ4v) is 4.90. The van der Waals surface area contributed by atoms with Crippen LogP contribution in [0.5, 0.6) is 0 Å². The molecule has 1 fully saturated rings. The zero-order valence-corrected chi connectivity index (χ0v) is 22.3. The summed E-state index contributed by atoms with van der Waals surface area (Å²) in [5.41, 5.74) is 3.66. The van der Waals surface area contributed by atoms with E-state index in [1.807, 2.05) is 49.1 Å². The Hall–Kier alpha value is -2.90. The first-order chi connectivity index (χ1) is 17.5. The first kappa shape index (κ1) is 27.7. The summed E-state index contributed by atoms with van der Waals surface area (Å²) in [6, 6.07) is 16.0. The highest BCUT2D eigenvalue weighted by molar-refractivity contribution is 5.94. The lowest BCUT2D eigenvalue weighted by atomic mass is 9.94. The molecule has 2 aromatic rings. The molecule has 0 spiro atoms. The molecule has 1 aliphatic rings. The number of anilines is 1. The maximum Gasteiger partial charge on any atom is 0.411 e. The van der Waals surface area contributed by atoms with Crippen LogP contribution < -0.4 is 5.32 Å². The lowest BCUT2D eigenvalue weighted by Crippen LogP contribution is -2.48. The molecule has 1 heterocycles. The number of hydrogen-bond donors (Lipinski definition) is 1. The van der Waals surface area contributed by atoms with E-state index in [0.717, 1.165) is 43.9 Å². The molecule has 0 aromatic heterocycles. The highest BCUT2D eigenvalue weighted by atomic mass is 16.5. The van der Waals surface area contributed by atoms with Gasteiger partial charge in [0.25, 0.3) is 5.91 Å². The summed E-state index contributed by atoms with van der Waals surface area (Å²) in [5, 5.41) is 2.79. The van der Waals surface area contributed by atoms with Crippen molar-refractivity contribution in [2.24, 2.45) is 0 Å². The predicted octanol–water partition coefficient (Wildman–Crippen LogP) is 5.24. The summed E-state index contributed by atoms with van der Waals surface area (Å²) in [7, 11) is 1.36. The Labute approximate surface area is 216 Å². The van der Waals surface area contributed by atoms with Gasteiger partial charge in [-0.2, -0.15) is 0 Å². The number of nitrogens with one attached hydrogen (secondary N) is 1. The van der Waals surface area contributed by atoms with Crippen LogP contribution in [0.2, 0.25) is 0 Å². The lowest BCUT2D eigenvalue weighted by molar-refractivity contribution is 0.0773. The van der Waals surface area contributed by atoms with Crippen molar-refractivity contribution in [1.29, 1.82) is 0 Å². The minimum Gasteiger partial charge on any atom is -0.453 e. The van der Waals surface area contributed by atoms with E-state index in [-0.39, 0.29) is 11.9 Å². The number of ether oxygens (including phenoxy) is 1. The van der Waals surface area contributed by atoms with E-state index in [2.05, 4.69) is 40.2 Å². The first-order valence-corrected chi connectivity index (χ1v) is 13.3. The van der Waals surface area contributed by atoms with Crippen LogP contribution in [-0.2, 0) is 4.74 Å². The van der Waals surface area contributed by atoms with Crippen LogP contribution in [0.25, 0.3) is 0 Å². The summed E-state index contributed by atoms with van der Waals surface area (Å²) in [6.45, 7) is 12.8. The smallest absolute Gasteiger partial charge is 0.411 e. The Bertz CT molecular complexity index is 967. The lowest BCUT2D eigenvalue weighted by Gasteiger charge is -2.40. The van der Waals surface area contributed by atoms with Crippen LogP contribution in [0.15, 0.2) is 48.5 Å². The molecule has 7 nitrogen and oxygen atoms in total. The van der Waals surface area contributed by atoms with Gasteiger partial charge in [0.2, 0.25) is 0 Å². The zero-order valence-electron chi connectivity index (χ0n) is 22.3. The number of unbranched alkanes of at least 4 members (excludes halogenated alkanes) is 2. The summed E-state index contributed by atoms with van der Waals surface area (Å²) < 4.78 is 4.78. The van der Waals surface area contributed by atoms with Gasteiger partial charge >= 0.3 is 6.09 Å². The van der Waals surface area contributed by atoms with Gasteiger partial charge in [0.15, 0.2) is 0 Å². The highest BCUT2D eigenvalue weighted by Gasteiger charge is 2.27. The Morgan fingerprint density at radius 1 is 0.944 bits per heavy atom. The predicted molar refractivity (Wildman–Crippen MR) is 146 cm³/mol. The number of piperazine rings is 1. The van der Waals surface area contributed by atoms with Crippen LogP contribution >= 0.6 is 0 Å². The van der Waals surface area contributed by atoms with Crippen molar-refractivity contribution in [3.63, 3.8) is 0 Å². The Morgan fingerprint density at radius 2 is 1.64 bits per heavy atom. The third-order valence-electron chi connectivity index (χ3n) is 7.01. The minimum atomic E-state index is -0.483. The number of hydrogen-bond acceptors (Lipinski definition) is 5. The van der Waals surface area contributed by atoms with Gasteiger partial charge in [-0.3, -0.25) is 15.0 Å². The fourth-order valence-electron chi connectivity index (χ4n) is 4.90. The maximum absolute atomic E-state index is 12.8. The molecule has 1 saturated heterocycles. The van der Waals surface area contributed by atoms with Crippen LogP contribution in [-0.4, -0.2) is 79.6 Å². The molecule has 1 aliphatic heterocycles. The molecule has 3 rings (SSSR count). The highest BCUT2D eigenvalue weighted by Crippen LogP contribution is 2.31. The van der Waals surface area contributed by atoms with E-state index >= 15 is 0 Å². The van der Waals surface area contributed by atoms with Crippen molar-refractivity contribution >= 4 is 17.7 Å². The van der Waals surface area contributed by atoms with Gasteiger partial charge in [-0.05, 0) is 62.2 Å². The van der Waals surface area contributed by atoms with Crippen molar-refractivity contribution in [2.45, 2.75) is 46.1 Å². The Balaban J connectivity index is 1.86. The quantitative estimate of drug-likeness (QED) is 0.433. The molecule has 1 atom stereocenters. The Morgan fingerprint density at radius 3 is 2.25 bits per heavy atom. The normalized spacial score (nSPS) is 15.3. The van der Waals surface area contributed by atoms with Gasteiger partial charge in [-0.25, -0.2) is 4.79 Å². The summed E-state index contributed by atoms with van der Waals surface area (Å²) in [6.07, 6.45) is 3.29. The molecule has 36 heavy (non-hydrogen) atoms. The molecular weight excluding hydrogens is 452 g/mol. The van der Waals surface area contributed by atoms with E-state index in [1.165, 1.54) is 26.4 Å². The van der Waals surface area contributed by atoms with Gasteiger partial charge < -0.3 is 14.5 Å². The second-order valence-corrected chi connectivity index (χ2v) is 9.33. The van der Waals surface area contributed by atoms with Crippen LogP contribution in [0.1, 0.15) is 67.6 Å². The molecule has 0 bridgehead atoms. The molecule has 0 unspecified atom stereocenters. The van der Waals surface area contributed by atoms with E-state index in [9.17, 15) is 9.59 Å². The van der Waals surface area contributed by atoms with Crippen molar-refractivity contribution in [3.8, 4) is 0 Å². The standard InChI is InChI=1S/C29H42N4O3/c1-5-8-9-17-31-18-20-33(21-19-31)27(25-11-10-12-26(22-25)30-29(35)36-4)23-13-15-24(16-14-23)28(34)32(6-2)7-3/h10-16,22,27H,5-9,17-21H2,1-4H3,(H,30,35)/t27-/m0/s1. The number of nitrogens with zero attached hydrogens (tertiary/aromatic N) is 3. The minimum absolute atomic E-state index is 0.0276. The second-order valence-electron chi connectivity index (χ2n) is 9.33. The molecule has 0 radical (unpaired) electrons. The first-order valence-electron chi connectivity index (χ1n) is 13.3. The van der Waals surface area contributed by atoms with Crippen molar-refractivity contribution < 1.29 is 14.3 Å². The number of rotatable bonds is 11. The van der Waals surface area contributed by atoms with Gasteiger partial charge in [-0.15, -0.1) is 0 Å². The molecule has 196 valence electrons. The third-order valence-corrected chi connectivity index (χ3v) is 7.01. The monoisotopic (exact) mass is 494 g/mol. The second kappa shape index (κ2) is 14.0. The number of methoxy groups -OCH3 is 1. The van der Waals surface area contributed by atoms with E-state index < -0.39 is 6.09 Å². The van der Waals surface area contributed by atoms with Crippen molar-refractivity contribution in [3.05, 3.63) is 65.2 Å². The Kier molecular flexibility index (Phi) is 10.8.